The monoisotopic (exact) mass is 434 g/mol. The zero-order valence-electron chi connectivity index (χ0n) is 18.5. The van der Waals surface area contributed by atoms with Gasteiger partial charge in [0.25, 0.3) is 0 Å². The summed E-state index contributed by atoms with van der Waals surface area (Å²) in [5.41, 5.74) is 1.74. The van der Waals surface area contributed by atoms with Crippen molar-refractivity contribution < 1.29 is 14.0 Å². The molecule has 3 aromatic rings. The minimum atomic E-state index is 0.554. The molecule has 4 rings (SSSR count). The van der Waals surface area contributed by atoms with E-state index >= 15 is 0 Å². The molecule has 7 heteroatoms. The molecule has 0 atom stereocenters. The molecular weight excluding hydrogens is 404 g/mol. The van der Waals surface area contributed by atoms with Gasteiger partial charge in [-0.2, -0.15) is 0 Å². The maximum atomic E-state index is 5.83. The molecule has 1 N–H and O–H groups in total. The second-order valence-electron chi connectivity index (χ2n) is 7.88. The van der Waals surface area contributed by atoms with Crippen LogP contribution in [0.15, 0.2) is 47.2 Å². The number of ether oxygens (including phenoxy) is 2. The number of hydrogen-bond acceptors (Lipinski definition) is 6. The van der Waals surface area contributed by atoms with E-state index in [0.717, 1.165) is 68.5 Å². The average molecular weight is 435 g/mol. The number of aromatic nitrogens is 3. The Bertz CT molecular complexity index is 1030. The predicted octanol–water partition coefficient (Wildman–Crippen LogP) is 3.42. The molecule has 2 aromatic heterocycles. The summed E-state index contributed by atoms with van der Waals surface area (Å²) in [5, 5.41) is 7.59. The van der Waals surface area contributed by atoms with E-state index in [1.807, 2.05) is 36.5 Å². The van der Waals surface area contributed by atoms with Gasteiger partial charge in [0.05, 0.1) is 32.4 Å². The minimum Gasteiger partial charge on any atom is -0.494 e. The molecule has 0 bridgehead atoms. The van der Waals surface area contributed by atoms with Gasteiger partial charge in [-0.3, -0.25) is 0 Å². The van der Waals surface area contributed by atoms with Gasteiger partial charge in [0, 0.05) is 30.4 Å². The summed E-state index contributed by atoms with van der Waals surface area (Å²) >= 11 is 0. The molecule has 0 spiro atoms. The maximum absolute atomic E-state index is 5.83. The zero-order valence-corrected chi connectivity index (χ0v) is 18.5. The Morgan fingerprint density at radius 3 is 2.81 bits per heavy atom. The van der Waals surface area contributed by atoms with Gasteiger partial charge in [0.1, 0.15) is 17.3 Å². The van der Waals surface area contributed by atoms with E-state index in [4.69, 9.17) is 14.0 Å². The first-order valence-electron chi connectivity index (χ1n) is 11.3. The Kier molecular flexibility index (Phi) is 7.96. The number of nitrogens with one attached hydrogen (secondary N) is 1. The summed E-state index contributed by atoms with van der Waals surface area (Å²) in [6.07, 6.45) is 8.01. The second-order valence-corrected chi connectivity index (χ2v) is 7.88. The van der Waals surface area contributed by atoms with Crippen LogP contribution in [0.4, 0.5) is 0 Å². The fraction of sp³-hybridized carbons (Fsp3) is 0.440. The normalized spacial score (nSPS) is 13.4. The highest BCUT2D eigenvalue weighted by atomic mass is 16.5. The number of aryl methyl sites for hydroxylation is 1. The van der Waals surface area contributed by atoms with Crippen molar-refractivity contribution in [2.24, 2.45) is 0 Å². The maximum Gasteiger partial charge on any atom is 0.210 e. The average Bonchev–Trinajstić information content (AvgIpc) is 3.43. The topological polar surface area (TPSA) is 74.3 Å². The molecule has 32 heavy (non-hydrogen) atoms. The molecule has 3 heterocycles. The Hall–Kier alpha value is -3.08. The van der Waals surface area contributed by atoms with Gasteiger partial charge in [-0.25, -0.2) is 4.98 Å². The van der Waals surface area contributed by atoms with Gasteiger partial charge in [-0.15, -0.1) is 0 Å². The van der Waals surface area contributed by atoms with Crippen LogP contribution in [-0.2, 0) is 17.7 Å². The highest BCUT2D eigenvalue weighted by Crippen LogP contribution is 2.13. The Balaban J connectivity index is 1.17. The first-order chi connectivity index (χ1) is 15.8. The molecule has 168 valence electrons. The highest BCUT2D eigenvalue weighted by molar-refractivity contribution is 5.41. The van der Waals surface area contributed by atoms with Crippen LogP contribution in [0.5, 0.6) is 5.75 Å². The van der Waals surface area contributed by atoms with Crippen molar-refractivity contribution in [2.45, 2.75) is 45.2 Å². The van der Waals surface area contributed by atoms with Gasteiger partial charge in [0.15, 0.2) is 0 Å². The van der Waals surface area contributed by atoms with Crippen LogP contribution >= 0.6 is 0 Å². The van der Waals surface area contributed by atoms with Gasteiger partial charge in [-0.1, -0.05) is 18.0 Å². The summed E-state index contributed by atoms with van der Waals surface area (Å²) in [6, 6.07) is 10.3. The molecule has 0 radical (unpaired) electrons. The summed E-state index contributed by atoms with van der Waals surface area (Å²) in [6.45, 7) is 6.21. The summed E-state index contributed by atoms with van der Waals surface area (Å²) < 4.78 is 18.4. The number of imidazole rings is 1. The Labute approximate surface area is 189 Å². The van der Waals surface area contributed by atoms with Crippen LogP contribution in [0.3, 0.4) is 0 Å². The summed E-state index contributed by atoms with van der Waals surface area (Å²) in [5.74, 6) is 8.61. The van der Waals surface area contributed by atoms with Gasteiger partial charge in [-0.05, 0) is 56.0 Å². The molecule has 7 nitrogen and oxygen atoms in total. The van der Waals surface area contributed by atoms with Crippen LogP contribution < -0.4 is 10.1 Å². The fourth-order valence-electron chi connectivity index (χ4n) is 3.44. The third-order valence-corrected chi connectivity index (χ3v) is 5.35. The highest BCUT2D eigenvalue weighted by Gasteiger charge is 2.16. The predicted molar refractivity (Wildman–Crippen MR) is 122 cm³/mol. The molecular formula is C25H30N4O3. The molecule has 0 unspecified atom stereocenters. The summed E-state index contributed by atoms with van der Waals surface area (Å²) in [4.78, 5) is 4.33. The molecule has 0 saturated carbocycles. The van der Waals surface area contributed by atoms with E-state index < -0.39 is 0 Å². The Morgan fingerprint density at radius 2 is 2.03 bits per heavy atom. The van der Waals surface area contributed by atoms with E-state index in [-0.39, 0.29) is 0 Å². The van der Waals surface area contributed by atoms with E-state index in [1.165, 1.54) is 6.42 Å². The van der Waals surface area contributed by atoms with E-state index in [1.54, 1.807) is 6.20 Å². The standard InChI is InChI=1S/C25H30N4O3/c1-2-25-27-13-14-29(25)17-21-16-24(32-28-21)11-8-20-6-9-23(10-7-20)31-15-5-3-4-12-26-22-18-30-19-22/h6-7,9-10,13-14,16,22,26H,2-5,12,15,17-19H2,1H3. The van der Waals surface area contributed by atoms with E-state index in [2.05, 4.69) is 38.8 Å². The van der Waals surface area contributed by atoms with Crippen LogP contribution in [0.2, 0.25) is 0 Å². The lowest BCUT2D eigenvalue weighted by Gasteiger charge is -2.26. The van der Waals surface area contributed by atoms with Gasteiger partial charge in [0.2, 0.25) is 5.76 Å². The van der Waals surface area contributed by atoms with Crippen molar-refractivity contribution in [3.63, 3.8) is 0 Å². The van der Waals surface area contributed by atoms with Crippen molar-refractivity contribution in [2.75, 3.05) is 26.4 Å². The van der Waals surface area contributed by atoms with Gasteiger partial charge < -0.3 is 23.9 Å². The smallest absolute Gasteiger partial charge is 0.210 e. The lowest BCUT2D eigenvalue weighted by atomic mass is 10.2. The van der Waals surface area contributed by atoms with Crippen LogP contribution in [0.25, 0.3) is 0 Å². The molecule has 0 aliphatic carbocycles. The second kappa shape index (κ2) is 11.5. The summed E-state index contributed by atoms with van der Waals surface area (Å²) in [7, 11) is 0. The number of hydrogen-bond donors (Lipinski definition) is 1. The third-order valence-electron chi connectivity index (χ3n) is 5.35. The number of benzene rings is 1. The molecule has 1 aliphatic heterocycles. The van der Waals surface area contributed by atoms with E-state index in [9.17, 15) is 0 Å². The van der Waals surface area contributed by atoms with Crippen molar-refractivity contribution in [1.82, 2.24) is 20.0 Å². The van der Waals surface area contributed by atoms with Crippen LogP contribution in [-0.4, -0.2) is 47.1 Å². The largest absolute Gasteiger partial charge is 0.494 e. The van der Waals surface area contributed by atoms with Crippen LogP contribution in [0, 0.1) is 11.8 Å². The first-order valence-corrected chi connectivity index (χ1v) is 11.3. The lowest BCUT2D eigenvalue weighted by Crippen LogP contribution is -2.46. The lowest BCUT2D eigenvalue weighted by molar-refractivity contribution is -0.00498. The minimum absolute atomic E-state index is 0.554. The fourth-order valence-corrected chi connectivity index (χ4v) is 3.44. The van der Waals surface area contributed by atoms with Crippen molar-refractivity contribution >= 4 is 0 Å². The van der Waals surface area contributed by atoms with Crippen molar-refractivity contribution in [3.8, 4) is 17.6 Å². The molecule has 1 aromatic carbocycles. The first kappa shape index (κ1) is 22.1. The number of unbranched alkanes of at least 4 members (excludes halogenated alkanes) is 2. The number of nitrogens with zero attached hydrogens (tertiary/aromatic N) is 3. The quantitative estimate of drug-likeness (QED) is 0.368. The SMILES string of the molecule is CCc1nccn1Cc1cc(C#Cc2ccc(OCCCCCNC3COC3)cc2)on1. The van der Waals surface area contributed by atoms with Gasteiger partial charge >= 0.3 is 0 Å². The molecule has 1 aliphatic rings. The van der Waals surface area contributed by atoms with E-state index in [0.29, 0.717) is 18.3 Å². The molecule has 1 saturated heterocycles. The Morgan fingerprint density at radius 1 is 1.16 bits per heavy atom. The molecule has 0 amide bonds. The zero-order chi connectivity index (χ0) is 22.0. The number of rotatable bonds is 11. The third kappa shape index (κ3) is 6.46. The molecule has 1 fully saturated rings. The van der Waals surface area contributed by atoms with Crippen molar-refractivity contribution in [3.05, 3.63) is 65.6 Å². The van der Waals surface area contributed by atoms with Crippen molar-refractivity contribution in [1.29, 1.82) is 0 Å². The van der Waals surface area contributed by atoms with Crippen LogP contribution in [0.1, 0.15) is 49.0 Å².